The Balaban J connectivity index is 1.20. The van der Waals surface area contributed by atoms with Crippen molar-refractivity contribution in [3.8, 4) is 0 Å². The van der Waals surface area contributed by atoms with E-state index in [2.05, 4.69) is 15.6 Å². The minimum atomic E-state index is -0.475. The summed E-state index contributed by atoms with van der Waals surface area (Å²) in [6, 6.07) is 0.431. The number of carbonyl (C=O) groups is 1. The van der Waals surface area contributed by atoms with Crippen LogP contribution in [0.5, 0.6) is 0 Å². The van der Waals surface area contributed by atoms with Gasteiger partial charge in [0.15, 0.2) is 0 Å². The molecule has 1 aromatic heterocycles. The molecule has 5 aliphatic carbocycles. The van der Waals surface area contributed by atoms with E-state index in [0.29, 0.717) is 41.8 Å². The standard InChI is InChI=1S/C22H30N4O3/c27-20(25-18-14-5-12-6-15(18)9-22(28,7-12)8-14)17-10-23-21(24-16-3-4-29-11-16)26-19(17)13-1-2-13/h10,12-16,18,28H,1-9,11H2,(H,25,27)(H,23,24,26)/t12?,14?,15?,16-,18-,22+/m1/s1. The third-order valence-corrected chi connectivity index (χ3v) is 7.83. The lowest BCUT2D eigenvalue weighted by Crippen LogP contribution is -2.61. The number of aromatic nitrogens is 2. The molecule has 0 spiro atoms. The number of aliphatic hydroxyl groups is 1. The van der Waals surface area contributed by atoms with Gasteiger partial charge in [0.2, 0.25) is 5.95 Å². The van der Waals surface area contributed by atoms with Crippen LogP contribution in [0.1, 0.15) is 73.3 Å². The van der Waals surface area contributed by atoms with Gasteiger partial charge in [0, 0.05) is 24.8 Å². The number of hydrogen-bond donors (Lipinski definition) is 3. The summed E-state index contributed by atoms with van der Waals surface area (Å²) in [4.78, 5) is 22.4. The molecule has 5 saturated carbocycles. The monoisotopic (exact) mass is 398 g/mol. The van der Waals surface area contributed by atoms with Gasteiger partial charge < -0.3 is 20.5 Å². The number of amides is 1. The molecule has 3 N–H and O–H groups in total. The highest BCUT2D eigenvalue weighted by molar-refractivity contribution is 5.95. The summed E-state index contributed by atoms with van der Waals surface area (Å²) in [5.74, 6) is 2.40. The molecular weight excluding hydrogens is 368 g/mol. The van der Waals surface area contributed by atoms with Crippen LogP contribution in [0, 0.1) is 17.8 Å². The molecule has 3 atom stereocenters. The molecule has 2 unspecified atom stereocenters. The van der Waals surface area contributed by atoms with E-state index in [9.17, 15) is 9.90 Å². The van der Waals surface area contributed by atoms with Gasteiger partial charge in [0.25, 0.3) is 5.91 Å². The third-order valence-electron chi connectivity index (χ3n) is 7.83. The Bertz CT molecular complexity index is 804. The summed E-state index contributed by atoms with van der Waals surface area (Å²) in [6.45, 7) is 1.45. The fourth-order valence-electron chi connectivity index (χ4n) is 6.58. The lowest BCUT2D eigenvalue weighted by Gasteiger charge is -2.58. The maximum absolute atomic E-state index is 13.2. The quantitative estimate of drug-likeness (QED) is 0.704. The third kappa shape index (κ3) is 3.32. The molecule has 0 aromatic carbocycles. The summed E-state index contributed by atoms with van der Waals surface area (Å²) in [6.07, 6.45) is 9.76. The average molecular weight is 399 g/mol. The minimum Gasteiger partial charge on any atom is -0.390 e. The maximum atomic E-state index is 13.2. The van der Waals surface area contributed by atoms with Gasteiger partial charge in [0.1, 0.15) is 0 Å². The number of ether oxygens (including phenoxy) is 1. The van der Waals surface area contributed by atoms with Crippen LogP contribution in [0.25, 0.3) is 0 Å². The van der Waals surface area contributed by atoms with Gasteiger partial charge in [-0.25, -0.2) is 9.97 Å². The van der Waals surface area contributed by atoms with E-state index in [1.54, 1.807) is 6.20 Å². The molecule has 1 aliphatic heterocycles. The molecule has 7 nitrogen and oxygen atoms in total. The van der Waals surface area contributed by atoms with Crippen molar-refractivity contribution in [1.29, 1.82) is 0 Å². The smallest absolute Gasteiger partial charge is 0.254 e. The summed E-state index contributed by atoms with van der Waals surface area (Å²) in [5.41, 5.74) is 1.05. The zero-order valence-corrected chi connectivity index (χ0v) is 16.8. The van der Waals surface area contributed by atoms with Gasteiger partial charge in [-0.3, -0.25) is 4.79 Å². The van der Waals surface area contributed by atoms with Gasteiger partial charge >= 0.3 is 0 Å². The van der Waals surface area contributed by atoms with Crippen LogP contribution in [0.15, 0.2) is 6.20 Å². The molecule has 1 aromatic rings. The van der Waals surface area contributed by atoms with E-state index >= 15 is 0 Å². The number of anilines is 1. The average Bonchev–Trinajstić information content (AvgIpc) is 3.40. The molecule has 156 valence electrons. The molecule has 0 radical (unpaired) electrons. The van der Waals surface area contributed by atoms with Gasteiger partial charge in [-0.2, -0.15) is 0 Å². The summed E-state index contributed by atoms with van der Waals surface area (Å²) in [5, 5.41) is 17.5. The fourth-order valence-corrected chi connectivity index (χ4v) is 6.58. The Hall–Kier alpha value is -1.73. The Kier molecular flexibility index (Phi) is 4.14. The van der Waals surface area contributed by atoms with E-state index in [0.717, 1.165) is 63.7 Å². The van der Waals surface area contributed by atoms with Crippen LogP contribution >= 0.6 is 0 Å². The molecule has 2 heterocycles. The van der Waals surface area contributed by atoms with Crippen molar-refractivity contribution in [2.75, 3.05) is 18.5 Å². The topological polar surface area (TPSA) is 96.4 Å². The highest BCUT2D eigenvalue weighted by atomic mass is 16.5. The second kappa shape index (κ2) is 6.64. The van der Waals surface area contributed by atoms with Gasteiger partial charge in [0.05, 0.1) is 29.5 Å². The first-order valence-corrected chi connectivity index (χ1v) is 11.3. The molecule has 1 saturated heterocycles. The zero-order chi connectivity index (χ0) is 19.6. The first-order chi connectivity index (χ1) is 14.1. The maximum Gasteiger partial charge on any atom is 0.254 e. The Morgan fingerprint density at radius 1 is 1.17 bits per heavy atom. The van der Waals surface area contributed by atoms with Crippen LogP contribution in [-0.2, 0) is 4.74 Å². The molecule has 6 aliphatic rings. The SMILES string of the molecule is O=C(N[C@H]1C2CC3CC1C[C@@](O)(C3)C2)c1cnc(N[C@@H]2CCOC2)nc1C1CC1. The second-order valence-corrected chi connectivity index (χ2v) is 10.2. The number of nitrogens with zero attached hydrogens (tertiary/aromatic N) is 2. The molecule has 1 amide bonds. The lowest BCUT2D eigenvalue weighted by molar-refractivity contribution is -0.136. The van der Waals surface area contributed by atoms with Crippen LogP contribution in [-0.4, -0.2) is 51.9 Å². The van der Waals surface area contributed by atoms with E-state index in [1.165, 1.54) is 0 Å². The van der Waals surface area contributed by atoms with E-state index < -0.39 is 5.60 Å². The van der Waals surface area contributed by atoms with E-state index in [1.807, 2.05) is 0 Å². The number of nitrogens with one attached hydrogen (secondary N) is 2. The normalized spacial score (nSPS) is 40.2. The van der Waals surface area contributed by atoms with Crippen molar-refractivity contribution >= 4 is 11.9 Å². The van der Waals surface area contributed by atoms with Crippen molar-refractivity contribution in [2.24, 2.45) is 17.8 Å². The Labute approximate surface area is 171 Å². The van der Waals surface area contributed by atoms with E-state index in [-0.39, 0.29) is 18.0 Å². The van der Waals surface area contributed by atoms with Crippen molar-refractivity contribution in [2.45, 2.75) is 75.0 Å². The molecule has 7 rings (SSSR count). The molecule has 4 bridgehead atoms. The van der Waals surface area contributed by atoms with E-state index in [4.69, 9.17) is 9.72 Å². The molecular formula is C22H30N4O3. The van der Waals surface area contributed by atoms with Gasteiger partial charge in [-0.15, -0.1) is 0 Å². The molecule has 7 heteroatoms. The first kappa shape index (κ1) is 18.1. The van der Waals surface area contributed by atoms with Gasteiger partial charge in [-0.1, -0.05) is 0 Å². The largest absolute Gasteiger partial charge is 0.390 e. The fraction of sp³-hybridized carbons (Fsp3) is 0.773. The first-order valence-electron chi connectivity index (χ1n) is 11.3. The minimum absolute atomic E-state index is 0.0351. The molecule has 6 fully saturated rings. The van der Waals surface area contributed by atoms with Crippen LogP contribution in [0.4, 0.5) is 5.95 Å². The number of carbonyl (C=O) groups excluding carboxylic acids is 1. The number of rotatable bonds is 5. The molecule has 29 heavy (non-hydrogen) atoms. The highest BCUT2D eigenvalue weighted by Crippen LogP contribution is 2.55. The number of hydrogen-bond acceptors (Lipinski definition) is 6. The summed E-state index contributed by atoms with van der Waals surface area (Å²) >= 11 is 0. The van der Waals surface area contributed by atoms with Crippen molar-refractivity contribution < 1.29 is 14.6 Å². The van der Waals surface area contributed by atoms with Crippen molar-refractivity contribution in [3.63, 3.8) is 0 Å². The van der Waals surface area contributed by atoms with Crippen molar-refractivity contribution in [1.82, 2.24) is 15.3 Å². The van der Waals surface area contributed by atoms with Crippen LogP contribution in [0.2, 0.25) is 0 Å². The predicted octanol–water partition coefficient (Wildman–Crippen LogP) is 2.22. The van der Waals surface area contributed by atoms with Crippen LogP contribution < -0.4 is 10.6 Å². The highest BCUT2D eigenvalue weighted by Gasteiger charge is 2.55. The summed E-state index contributed by atoms with van der Waals surface area (Å²) < 4.78 is 5.42. The van der Waals surface area contributed by atoms with Crippen LogP contribution in [0.3, 0.4) is 0 Å². The van der Waals surface area contributed by atoms with Gasteiger partial charge in [-0.05, 0) is 69.1 Å². The predicted molar refractivity (Wildman–Crippen MR) is 107 cm³/mol. The summed E-state index contributed by atoms with van der Waals surface area (Å²) in [7, 11) is 0. The lowest BCUT2D eigenvalue weighted by atomic mass is 9.52. The Morgan fingerprint density at radius 3 is 2.62 bits per heavy atom. The Morgan fingerprint density at radius 2 is 1.97 bits per heavy atom. The van der Waals surface area contributed by atoms with Crippen molar-refractivity contribution in [3.05, 3.63) is 17.5 Å². The zero-order valence-electron chi connectivity index (χ0n) is 16.8. The second-order valence-electron chi connectivity index (χ2n) is 10.2.